The van der Waals surface area contributed by atoms with Gasteiger partial charge in [0.05, 0.1) is 0 Å². The topological polar surface area (TPSA) is 60.9 Å². The molecule has 1 aromatic rings. The number of carboxylic acids is 1. The zero-order valence-electron chi connectivity index (χ0n) is 15.3. The fourth-order valence-corrected chi connectivity index (χ4v) is 5.12. The van der Waals surface area contributed by atoms with Crippen LogP contribution < -0.4 is 0 Å². The van der Waals surface area contributed by atoms with Crippen molar-refractivity contribution in [1.29, 1.82) is 0 Å². The van der Waals surface area contributed by atoms with Gasteiger partial charge < -0.3 is 10.0 Å². The molecule has 2 aliphatic heterocycles. The Hall–Kier alpha value is -1.88. The molecule has 140 valence electrons. The molecule has 3 aliphatic rings. The van der Waals surface area contributed by atoms with Gasteiger partial charge >= 0.3 is 5.97 Å². The number of nitrogens with zero attached hydrogens (tertiary/aromatic N) is 2. The Morgan fingerprint density at radius 2 is 1.85 bits per heavy atom. The van der Waals surface area contributed by atoms with Crippen molar-refractivity contribution < 1.29 is 14.7 Å². The van der Waals surface area contributed by atoms with Crippen molar-refractivity contribution in [3.05, 3.63) is 35.4 Å². The highest BCUT2D eigenvalue weighted by atomic mass is 16.4. The van der Waals surface area contributed by atoms with Crippen LogP contribution >= 0.6 is 0 Å². The molecule has 1 aromatic carbocycles. The smallest absolute Gasteiger partial charge is 0.326 e. The number of benzene rings is 1. The third-order valence-corrected chi connectivity index (χ3v) is 6.39. The van der Waals surface area contributed by atoms with Crippen LogP contribution in [-0.4, -0.2) is 52.0 Å². The Bertz CT molecular complexity index is 684. The van der Waals surface area contributed by atoms with E-state index in [2.05, 4.69) is 11.0 Å². The van der Waals surface area contributed by atoms with E-state index >= 15 is 0 Å². The van der Waals surface area contributed by atoms with Gasteiger partial charge in [-0.1, -0.05) is 25.0 Å². The first-order valence-electron chi connectivity index (χ1n) is 10.0. The lowest BCUT2D eigenvalue weighted by Gasteiger charge is -2.33. The number of hydrogen-bond acceptors (Lipinski definition) is 3. The summed E-state index contributed by atoms with van der Waals surface area (Å²) in [6.45, 7) is 3.11. The highest BCUT2D eigenvalue weighted by Gasteiger charge is 2.47. The van der Waals surface area contributed by atoms with Crippen molar-refractivity contribution in [2.75, 3.05) is 13.1 Å². The van der Waals surface area contributed by atoms with E-state index in [9.17, 15) is 14.7 Å². The van der Waals surface area contributed by atoms with Gasteiger partial charge in [0.25, 0.3) is 5.91 Å². The van der Waals surface area contributed by atoms with Crippen LogP contribution in [0.25, 0.3) is 0 Å². The van der Waals surface area contributed by atoms with Gasteiger partial charge in [-0.25, -0.2) is 4.79 Å². The molecule has 3 fully saturated rings. The Morgan fingerprint density at radius 3 is 2.62 bits per heavy atom. The quantitative estimate of drug-likeness (QED) is 0.900. The van der Waals surface area contributed by atoms with E-state index in [1.165, 1.54) is 12.8 Å². The summed E-state index contributed by atoms with van der Waals surface area (Å²) >= 11 is 0. The molecule has 1 amide bonds. The van der Waals surface area contributed by atoms with Gasteiger partial charge in [0.1, 0.15) is 6.04 Å². The zero-order chi connectivity index (χ0) is 18.1. The Kier molecular flexibility index (Phi) is 4.98. The lowest BCUT2D eigenvalue weighted by Crippen LogP contribution is -2.46. The molecule has 5 heteroatoms. The molecule has 0 radical (unpaired) electrons. The number of amides is 1. The molecular formula is C21H28N2O3. The number of hydrogen-bond donors (Lipinski definition) is 1. The lowest BCUT2D eigenvalue weighted by molar-refractivity contribution is -0.141. The van der Waals surface area contributed by atoms with Crippen LogP contribution in [0.2, 0.25) is 0 Å². The molecule has 0 aromatic heterocycles. The van der Waals surface area contributed by atoms with Crippen LogP contribution in [0.3, 0.4) is 0 Å². The van der Waals surface area contributed by atoms with Crippen LogP contribution in [0.1, 0.15) is 60.9 Å². The molecule has 2 saturated heterocycles. The number of carbonyl (C=O) groups excluding carboxylic acids is 1. The van der Waals surface area contributed by atoms with Crippen molar-refractivity contribution in [2.45, 2.75) is 63.6 Å². The van der Waals surface area contributed by atoms with Crippen LogP contribution in [0.4, 0.5) is 0 Å². The normalized spacial score (nSPS) is 28.9. The lowest BCUT2D eigenvalue weighted by atomic mass is 9.84. The second-order valence-electron chi connectivity index (χ2n) is 8.10. The van der Waals surface area contributed by atoms with Crippen molar-refractivity contribution >= 4 is 11.9 Å². The number of carboxylic acid groups (broad SMARTS) is 1. The van der Waals surface area contributed by atoms with E-state index in [1.54, 1.807) is 4.90 Å². The van der Waals surface area contributed by atoms with Crippen molar-refractivity contribution in [3.63, 3.8) is 0 Å². The number of aliphatic carboxylic acids is 1. The molecule has 2 heterocycles. The summed E-state index contributed by atoms with van der Waals surface area (Å²) in [5, 5.41) is 9.67. The Labute approximate surface area is 155 Å². The minimum atomic E-state index is -0.860. The van der Waals surface area contributed by atoms with E-state index < -0.39 is 12.0 Å². The highest BCUT2D eigenvalue weighted by Crippen LogP contribution is 2.40. The molecule has 1 N–H and O–H groups in total. The maximum absolute atomic E-state index is 13.3. The van der Waals surface area contributed by atoms with Gasteiger partial charge in [-0.15, -0.1) is 0 Å². The first-order valence-corrected chi connectivity index (χ1v) is 10.0. The SMILES string of the molecule is O=C(O)C1CC2CCCCC2N1C(=O)c1cccc(CN2CCCC2)c1. The fraction of sp³-hybridized carbons (Fsp3) is 0.619. The Morgan fingerprint density at radius 1 is 1.08 bits per heavy atom. The fourth-order valence-electron chi connectivity index (χ4n) is 5.12. The van der Waals surface area contributed by atoms with Crippen molar-refractivity contribution in [3.8, 4) is 0 Å². The van der Waals surface area contributed by atoms with Gasteiger partial charge in [-0.05, 0) is 68.8 Å². The van der Waals surface area contributed by atoms with Gasteiger partial charge in [0.2, 0.25) is 0 Å². The van der Waals surface area contributed by atoms with E-state index in [4.69, 9.17) is 0 Å². The van der Waals surface area contributed by atoms with E-state index in [-0.39, 0.29) is 11.9 Å². The molecule has 0 bridgehead atoms. The first-order chi connectivity index (χ1) is 12.6. The zero-order valence-corrected chi connectivity index (χ0v) is 15.3. The average Bonchev–Trinajstić information content (AvgIpc) is 3.28. The van der Waals surface area contributed by atoms with Gasteiger partial charge in [-0.2, -0.15) is 0 Å². The molecule has 1 saturated carbocycles. The van der Waals surface area contributed by atoms with Crippen molar-refractivity contribution in [2.24, 2.45) is 5.92 Å². The maximum atomic E-state index is 13.3. The van der Waals surface area contributed by atoms with Crippen LogP contribution in [0.5, 0.6) is 0 Å². The predicted octanol–water partition coefficient (Wildman–Crippen LogP) is 3.14. The number of likely N-dealkylation sites (tertiary alicyclic amines) is 2. The summed E-state index contributed by atoms with van der Waals surface area (Å²) < 4.78 is 0. The van der Waals surface area contributed by atoms with E-state index in [1.807, 2.05) is 18.2 Å². The summed E-state index contributed by atoms with van der Waals surface area (Å²) in [5.74, 6) is -0.613. The first kappa shape index (κ1) is 17.5. The Balaban J connectivity index is 1.56. The second-order valence-corrected chi connectivity index (χ2v) is 8.10. The summed E-state index contributed by atoms with van der Waals surface area (Å²) in [4.78, 5) is 29.2. The maximum Gasteiger partial charge on any atom is 0.326 e. The summed E-state index contributed by atoms with van der Waals surface area (Å²) in [6.07, 6.45) is 7.33. The minimum Gasteiger partial charge on any atom is -0.480 e. The molecule has 1 aliphatic carbocycles. The highest BCUT2D eigenvalue weighted by molar-refractivity contribution is 5.97. The minimum absolute atomic E-state index is 0.0968. The second kappa shape index (κ2) is 7.39. The molecular weight excluding hydrogens is 328 g/mol. The molecule has 4 rings (SSSR count). The number of fused-ring (bicyclic) bond motifs is 1. The summed E-state index contributed by atoms with van der Waals surface area (Å²) in [6, 6.07) is 7.23. The summed E-state index contributed by atoms with van der Waals surface area (Å²) in [7, 11) is 0. The largest absolute Gasteiger partial charge is 0.480 e. The van der Waals surface area contributed by atoms with Crippen LogP contribution in [0.15, 0.2) is 24.3 Å². The molecule has 26 heavy (non-hydrogen) atoms. The number of carbonyl (C=O) groups is 2. The standard InChI is InChI=1S/C21H28N2O3/c24-20(17-8-5-6-15(12-17)14-22-10-3-4-11-22)23-18-9-2-1-7-16(18)13-19(23)21(25)26/h5-6,8,12,16,18-19H,1-4,7,9-11,13-14H2,(H,25,26). The van der Waals surface area contributed by atoms with Crippen LogP contribution in [-0.2, 0) is 11.3 Å². The van der Waals surface area contributed by atoms with E-state index in [0.29, 0.717) is 17.9 Å². The molecule has 3 unspecified atom stereocenters. The molecule has 0 spiro atoms. The summed E-state index contributed by atoms with van der Waals surface area (Å²) in [5.41, 5.74) is 1.78. The molecule has 5 nitrogen and oxygen atoms in total. The van der Waals surface area contributed by atoms with Crippen LogP contribution in [0, 0.1) is 5.92 Å². The van der Waals surface area contributed by atoms with Gasteiger partial charge in [-0.3, -0.25) is 9.69 Å². The third kappa shape index (κ3) is 3.37. The molecule has 3 atom stereocenters. The van der Waals surface area contributed by atoms with Gasteiger partial charge in [0, 0.05) is 18.2 Å². The predicted molar refractivity (Wildman–Crippen MR) is 98.9 cm³/mol. The van der Waals surface area contributed by atoms with Gasteiger partial charge in [0.15, 0.2) is 0 Å². The van der Waals surface area contributed by atoms with E-state index in [0.717, 1.165) is 50.9 Å². The monoisotopic (exact) mass is 356 g/mol. The average molecular weight is 356 g/mol. The van der Waals surface area contributed by atoms with Crippen molar-refractivity contribution in [1.82, 2.24) is 9.80 Å². The third-order valence-electron chi connectivity index (χ3n) is 6.39. The number of rotatable bonds is 4.